The number of carbonyl (C=O) groups excluding carboxylic acids is 2. The van der Waals surface area contributed by atoms with Crippen LogP contribution in [-0.2, 0) is 4.79 Å². The first-order valence-electron chi connectivity index (χ1n) is 8.56. The third-order valence-electron chi connectivity index (χ3n) is 5.43. The van der Waals surface area contributed by atoms with Crippen molar-refractivity contribution >= 4 is 11.8 Å². The van der Waals surface area contributed by atoms with E-state index in [4.69, 9.17) is 0 Å². The molecule has 1 spiro atoms. The molecular formula is C19H26N2O2. The fourth-order valence-electron chi connectivity index (χ4n) is 4.21. The van der Waals surface area contributed by atoms with Gasteiger partial charge >= 0.3 is 0 Å². The molecule has 2 aliphatic heterocycles. The summed E-state index contributed by atoms with van der Waals surface area (Å²) in [7, 11) is 1.91. The molecule has 23 heavy (non-hydrogen) atoms. The first-order chi connectivity index (χ1) is 10.9. The van der Waals surface area contributed by atoms with Crippen LogP contribution in [0.25, 0.3) is 0 Å². The Morgan fingerprint density at radius 2 is 1.74 bits per heavy atom. The molecule has 124 valence electrons. The molecule has 2 aliphatic rings. The molecule has 0 bridgehead atoms. The van der Waals surface area contributed by atoms with Crippen molar-refractivity contribution in [3.05, 3.63) is 34.9 Å². The van der Waals surface area contributed by atoms with E-state index in [1.165, 1.54) is 0 Å². The van der Waals surface area contributed by atoms with E-state index in [0.717, 1.165) is 48.9 Å². The SMILES string of the molecule is Cc1cc(C)cc(C(=O)N2CCC[C@]3(CCCC(=O)N3C)C2)c1. The zero-order chi connectivity index (χ0) is 16.6. The minimum absolute atomic E-state index is 0.0993. The molecule has 0 saturated carbocycles. The van der Waals surface area contributed by atoms with Crippen LogP contribution in [0.3, 0.4) is 0 Å². The second-order valence-corrected chi connectivity index (χ2v) is 7.24. The van der Waals surface area contributed by atoms with Crippen LogP contribution in [0.5, 0.6) is 0 Å². The van der Waals surface area contributed by atoms with Crippen LogP contribution in [0.2, 0.25) is 0 Å². The van der Waals surface area contributed by atoms with Gasteiger partial charge in [-0.25, -0.2) is 0 Å². The second kappa shape index (κ2) is 5.99. The van der Waals surface area contributed by atoms with E-state index in [-0.39, 0.29) is 17.4 Å². The maximum absolute atomic E-state index is 12.9. The van der Waals surface area contributed by atoms with E-state index < -0.39 is 0 Å². The zero-order valence-electron chi connectivity index (χ0n) is 14.4. The lowest BCUT2D eigenvalue weighted by atomic mass is 9.80. The van der Waals surface area contributed by atoms with Gasteiger partial charge in [0.25, 0.3) is 5.91 Å². The van der Waals surface area contributed by atoms with E-state index in [1.807, 2.05) is 42.8 Å². The lowest BCUT2D eigenvalue weighted by molar-refractivity contribution is -0.142. The van der Waals surface area contributed by atoms with Crippen molar-refractivity contribution in [1.82, 2.24) is 9.80 Å². The van der Waals surface area contributed by atoms with Crippen LogP contribution in [0.1, 0.15) is 53.6 Å². The third-order valence-corrected chi connectivity index (χ3v) is 5.43. The summed E-state index contributed by atoms with van der Waals surface area (Å²) in [5.41, 5.74) is 2.85. The molecule has 2 saturated heterocycles. The number of piperidine rings is 2. The van der Waals surface area contributed by atoms with E-state index in [1.54, 1.807) is 0 Å². The van der Waals surface area contributed by atoms with Gasteiger partial charge in [-0.3, -0.25) is 9.59 Å². The Kier molecular flexibility index (Phi) is 4.17. The van der Waals surface area contributed by atoms with Crippen molar-refractivity contribution in [2.45, 2.75) is 51.5 Å². The molecule has 0 aromatic heterocycles. The molecule has 4 heteroatoms. The first kappa shape index (κ1) is 16.0. The number of amides is 2. The molecule has 1 aromatic rings. The lowest BCUT2D eigenvalue weighted by Gasteiger charge is -2.50. The smallest absolute Gasteiger partial charge is 0.253 e. The minimum Gasteiger partial charge on any atom is -0.338 e. The Hall–Kier alpha value is -1.84. The van der Waals surface area contributed by atoms with Crippen molar-refractivity contribution < 1.29 is 9.59 Å². The molecule has 1 aromatic carbocycles. The summed E-state index contributed by atoms with van der Waals surface area (Å²) >= 11 is 0. The Balaban J connectivity index is 1.83. The molecule has 2 amide bonds. The number of nitrogens with zero attached hydrogens (tertiary/aromatic N) is 2. The van der Waals surface area contributed by atoms with Crippen LogP contribution >= 0.6 is 0 Å². The molecule has 0 unspecified atom stereocenters. The molecule has 4 nitrogen and oxygen atoms in total. The molecule has 3 rings (SSSR count). The molecule has 2 heterocycles. The van der Waals surface area contributed by atoms with Crippen molar-refractivity contribution in [3.8, 4) is 0 Å². The van der Waals surface area contributed by atoms with Gasteiger partial charge in [-0.2, -0.15) is 0 Å². The van der Waals surface area contributed by atoms with Crippen LogP contribution in [0, 0.1) is 13.8 Å². The molecule has 0 aliphatic carbocycles. The summed E-state index contributed by atoms with van der Waals surface area (Å²) in [4.78, 5) is 28.9. The van der Waals surface area contributed by atoms with Gasteiger partial charge in [0.2, 0.25) is 5.91 Å². The third kappa shape index (κ3) is 2.99. The van der Waals surface area contributed by atoms with Gasteiger partial charge in [0.1, 0.15) is 0 Å². The van der Waals surface area contributed by atoms with Gasteiger partial charge in [0.15, 0.2) is 0 Å². The number of likely N-dealkylation sites (N-methyl/N-ethyl adjacent to an activating group) is 1. The van der Waals surface area contributed by atoms with Crippen LogP contribution in [0.15, 0.2) is 18.2 Å². The van der Waals surface area contributed by atoms with Crippen molar-refractivity contribution in [1.29, 1.82) is 0 Å². The summed E-state index contributed by atoms with van der Waals surface area (Å²) in [6, 6.07) is 6.01. The lowest BCUT2D eigenvalue weighted by Crippen LogP contribution is -2.61. The van der Waals surface area contributed by atoms with Gasteiger partial charge in [-0.05, 0) is 51.7 Å². The fourth-order valence-corrected chi connectivity index (χ4v) is 4.21. The summed E-state index contributed by atoms with van der Waals surface area (Å²) < 4.78 is 0. The van der Waals surface area contributed by atoms with E-state index >= 15 is 0 Å². The Morgan fingerprint density at radius 3 is 2.43 bits per heavy atom. The number of aryl methyl sites for hydroxylation is 2. The Bertz CT molecular complexity index is 616. The fraction of sp³-hybridized carbons (Fsp3) is 0.579. The predicted molar refractivity (Wildman–Crippen MR) is 90.4 cm³/mol. The molecular weight excluding hydrogens is 288 g/mol. The van der Waals surface area contributed by atoms with Gasteiger partial charge < -0.3 is 9.80 Å². The van der Waals surface area contributed by atoms with Gasteiger partial charge in [-0.1, -0.05) is 17.2 Å². The maximum Gasteiger partial charge on any atom is 0.253 e. The molecule has 1 atom stereocenters. The highest BCUT2D eigenvalue weighted by Crippen LogP contribution is 2.36. The van der Waals surface area contributed by atoms with Gasteiger partial charge in [0, 0.05) is 32.1 Å². The Morgan fingerprint density at radius 1 is 1.09 bits per heavy atom. The normalized spacial score (nSPS) is 25.1. The Labute approximate surface area is 138 Å². The average molecular weight is 314 g/mol. The second-order valence-electron chi connectivity index (χ2n) is 7.24. The van der Waals surface area contributed by atoms with E-state index in [9.17, 15) is 9.59 Å². The highest BCUT2D eigenvalue weighted by atomic mass is 16.2. The number of benzene rings is 1. The van der Waals surface area contributed by atoms with E-state index in [0.29, 0.717) is 13.0 Å². The van der Waals surface area contributed by atoms with Gasteiger partial charge in [-0.15, -0.1) is 0 Å². The molecule has 2 fully saturated rings. The topological polar surface area (TPSA) is 40.6 Å². The van der Waals surface area contributed by atoms with Crippen LogP contribution in [-0.4, -0.2) is 47.3 Å². The highest BCUT2D eigenvalue weighted by Gasteiger charge is 2.44. The van der Waals surface area contributed by atoms with E-state index in [2.05, 4.69) is 6.07 Å². The summed E-state index contributed by atoms with van der Waals surface area (Å²) in [6.45, 7) is 5.50. The number of hydrogen-bond acceptors (Lipinski definition) is 2. The van der Waals surface area contributed by atoms with Crippen LogP contribution < -0.4 is 0 Å². The predicted octanol–water partition coefficient (Wildman–Crippen LogP) is 2.92. The zero-order valence-corrected chi connectivity index (χ0v) is 14.4. The van der Waals surface area contributed by atoms with Gasteiger partial charge in [0.05, 0.1) is 5.54 Å². The number of carbonyl (C=O) groups is 2. The number of likely N-dealkylation sites (tertiary alicyclic amines) is 2. The van der Waals surface area contributed by atoms with Crippen LogP contribution in [0.4, 0.5) is 0 Å². The summed E-state index contributed by atoms with van der Waals surface area (Å²) in [5.74, 6) is 0.319. The standard InChI is InChI=1S/C19H26N2O2/c1-14-10-15(2)12-16(11-14)18(23)21-9-5-8-19(13-21)7-4-6-17(22)20(19)3/h10-12H,4-9,13H2,1-3H3/t19-/m1/s1. The number of hydrogen-bond donors (Lipinski definition) is 0. The van der Waals surface area contributed by atoms with Crippen molar-refractivity contribution in [2.24, 2.45) is 0 Å². The quantitative estimate of drug-likeness (QED) is 0.799. The van der Waals surface area contributed by atoms with Crippen molar-refractivity contribution in [3.63, 3.8) is 0 Å². The first-order valence-corrected chi connectivity index (χ1v) is 8.56. The molecule has 0 N–H and O–H groups in total. The summed E-state index contributed by atoms with van der Waals surface area (Å²) in [5, 5.41) is 0. The minimum atomic E-state index is -0.151. The maximum atomic E-state index is 12.9. The monoisotopic (exact) mass is 314 g/mol. The number of rotatable bonds is 1. The average Bonchev–Trinajstić information content (AvgIpc) is 2.51. The molecule has 0 radical (unpaired) electrons. The van der Waals surface area contributed by atoms with Crippen molar-refractivity contribution in [2.75, 3.05) is 20.1 Å². The highest BCUT2D eigenvalue weighted by molar-refractivity contribution is 5.94. The largest absolute Gasteiger partial charge is 0.338 e. The summed E-state index contributed by atoms with van der Waals surface area (Å²) in [6.07, 6.45) is 4.56.